The summed E-state index contributed by atoms with van der Waals surface area (Å²) in [7, 11) is 0. The van der Waals surface area contributed by atoms with E-state index in [1.54, 1.807) is 0 Å². The van der Waals surface area contributed by atoms with Crippen LogP contribution in [0.2, 0.25) is 5.28 Å². The summed E-state index contributed by atoms with van der Waals surface area (Å²) in [5, 5.41) is 6.67. The van der Waals surface area contributed by atoms with Crippen LogP contribution in [0.3, 0.4) is 0 Å². The van der Waals surface area contributed by atoms with Crippen LogP contribution in [-0.2, 0) is 0 Å². The van der Waals surface area contributed by atoms with Crippen LogP contribution >= 0.6 is 11.6 Å². The van der Waals surface area contributed by atoms with Gasteiger partial charge in [0, 0.05) is 12.6 Å². The minimum Gasteiger partial charge on any atom is -0.354 e. The fourth-order valence-corrected chi connectivity index (χ4v) is 2.71. The van der Waals surface area contributed by atoms with Crippen molar-refractivity contribution >= 4 is 23.5 Å². The maximum absolute atomic E-state index is 5.91. The van der Waals surface area contributed by atoms with Gasteiger partial charge in [0.1, 0.15) is 0 Å². The van der Waals surface area contributed by atoms with E-state index in [1.165, 1.54) is 32.1 Å². The summed E-state index contributed by atoms with van der Waals surface area (Å²) < 4.78 is 0. The second-order valence-corrected chi connectivity index (χ2v) is 5.39. The highest BCUT2D eigenvalue weighted by molar-refractivity contribution is 6.28. The molecule has 19 heavy (non-hydrogen) atoms. The second-order valence-electron chi connectivity index (χ2n) is 5.05. The zero-order chi connectivity index (χ0) is 13.7. The van der Waals surface area contributed by atoms with Crippen molar-refractivity contribution in [2.45, 2.75) is 52.0 Å². The molecule has 2 rings (SSSR count). The normalized spacial score (nSPS) is 23.1. The Morgan fingerprint density at radius 2 is 1.74 bits per heavy atom. The number of rotatable bonds is 5. The van der Waals surface area contributed by atoms with Gasteiger partial charge in [-0.1, -0.05) is 13.3 Å². The van der Waals surface area contributed by atoms with Gasteiger partial charge in [-0.25, -0.2) is 0 Å². The van der Waals surface area contributed by atoms with E-state index in [-0.39, 0.29) is 5.28 Å². The van der Waals surface area contributed by atoms with Gasteiger partial charge in [0.25, 0.3) is 0 Å². The van der Waals surface area contributed by atoms with Crippen LogP contribution in [0.1, 0.15) is 46.0 Å². The van der Waals surface area contributed by atoms with Gasteiger partial charge in [0.05, 0.1) is 0 Å². The van der Waals surface area contributed by atoms with Crippen molar-refractivity contribution < 1.29 is 0 Å². The Balaban J connectivity index is 1.95. The van der Waals surface area contributed by atoms with Crippen LogP contribution in [-0.4, -0.2) is 27.5 Å². The Hall–Kier alpha value is -1.10. The minimum absolute atomic E-state index is 0.232. The van der Waals surface area contributed by atoms with E-state index >= 15 is 0 Å². The molecule has 0 aromatic carbocycles. The average Bonchev–Trinajstić information content (AvgIpc) is 2.39. The molecule has 0 radical (unpaired) electrons. The molecule has 1 aromatic rings. The summed E-state index contributed by atoms with van der Waals surface area (Å²) in [5.74, 6) is 2.00. The summed E-state index contributed by atoms with van der Waals surface area (Å²) in [6.45, 7) is 5.03. The van der Waals surface area contributed by atoms with Gasteiger partial charge in [-0.3, -0.25) is 0 Å². The first kappa shape index (κ1) is 14.3. The fourth-order valence-electron chi connectivity index (χ4n) is 2.55. The third-order valence-corrected chi connectivity index (χ3v) is 3.87. The minimum atomic E-state index is 0.232. The fraction of sp³-hybridized carbons (Fsp3) is 0.769. The van der Waals surface area contributed by atoms with E-state index in [9.17, 15) is 0 Å². The lowest BCUT2D eigenvalue weighted by atomic mass is 9.85. The van der Waals surface area contributed by atoms with Crippen molar-refractivity contribution in [2.75, 3.05) is 17.2 Å². The monoisotopic (exact) mass is 283 g/mol. The molecule has 0 spiro atoms. The first-order valence-electron chi connectivity index (χ1n) is 7.13. The maximum Gasteiger partial charge on any atom is 0.229 e. The summed E-state index contributed by atoms with van der Waals surface area (Å²) in [5.41, 5.74) is 0. The van der Waals surface area contributed by atoms with Gasteiger partial charge in [-0.15, -0.1) is 0 Å². The van der Waals surface area contributed by atoms with Crippen molar-refractivity contribution in [1.29, 1.82) is 0 Å². The van der Waals surface area contributed by atoms with E-state index in [4.69, 9.17) is 11.6 Å². The van der Waals surface area contributed by atoms with E-state index in [0.717, 1.165) is 12.5 Å². The third-order valence-electron chi connectivity index (χ3n) is 3.70. The molecule has 1 aromatic heterocycles. The van der Waals surface area contributed by atoms with E-state index < -0.39 is 0 Å². The number of halogens is 1. The molecule has 0 unspecified atom stereocenters. The molecule has 0 aliphatic heterocycles. The summed E-state index contributed by atoms with van der Waals surface area (Å²) in [4.78, 5) is 12.5. The lowest BCUT2D eigenvalue weighted by Gasteiger charge is -2.28. The van der Waals surface area contributed by atoms with Crippen molar-refractivity contribution in [3.63, 3.8) is 0 Å². The Bertz CT molecular complexity index is 404. The van der Waals surface area contributed by atoms with Crippen molar-refractivity contribution in [1.82, 2.24) is 15.0 Å². The number of hydrogen-bond acceptors (Lipinski definition) is 5. The van der Waals surface area contributed by atoms with Crippen LogP contribution in [0.25, 0.3) is 0 Å². The Morgan fingerprint density at radius 3 is 2.37 bits per heavy atom. The van der Waals surface area contributed by atoms with Crippen LogP contribution in [0.5, 0.6) is 0 Å². The topological polar surface area (TPSA) is 62.7 Å². The van der Waals surface area contributed by atoms with Gasteiger partial charge < -0.3 is 10.6 Å². The number of aromatic nitrogens is 3. The predicted octanol–water partition coefficient (Wildman–Crippen LogP) is 3.34. The Labute approximate surface area is 119 Å². The van der Waals surface area contributed by atoms with Crippen molar-refractivity contribution in [2.24, 2.45) is 5.92 Å². The molecule has 2 N–H and O–H groups in total. The Morgan fingerprint density at radius 1 is 1.05 bits per heavy atom. The van der Waals surface area contributed by atoms with Gasteiger partial charge in [0.2, 0.25) is 17.2 Å². The number of nitrogens with one attached hydrogen (secondary N) is 2. The highest BCUT2D eigenvalue weighted by atomic mass is 35.5. The first-order valence-corrected chi connectivity index (χ1v) is 7.51. The van der Waals surface area contributed by atoms with Crippen LogP contribution in [0, 0.1) is 5.92 Å². The molecule has 0 amide bonds. The van der Waals surface area contributed by atoms with Crippen molar-refractivity contribution in [3.05, 3.63) is 5.28 Å². The lowest BCUT2D eigenvalue weighted by Crippen LogP contribution is -2.27. The summed E-state index contributed by atoms with van der Waals surface area (Å²) >= 11 is 5.91. The molecule has 1 heterocycles. The molecule has 5 nitrogen and oxygen atoms in total. The molecule has 0 saturated heterocycles. The molecule has 1 saturated carbocycles. The smallest absolute Gasteiger partial charge is 0.229 e. The summed E-state index contributed by atoms with van der Waals surface area (Å²) in [6.07, 6.45) is 6.21. The number of anilines is 2. The second kappa shape index (κ2) is 6.89. The molecule has 6 heteroatoms. The SMILES string of the molecule is CCNc1nc(Cl)nc(NC2CCC(CC)CC2)n1. The molecule has 0 bridgehead atoms. The molecule has 106 valence electrons. The number of hydrogen-bond donors (Lipinski definition) is 2. The lowest BCUT2D eigenvalue weighted by molar-refractivity contribution is 0.329. The molecule has 1 fully saturated rings. The molecule has 0 atom stereocenters. The molecular formula is C13H22ClN5. The van der Waals surface area contributed by atoms with Gasteiger partial charge in [0.15, 0.2) is 0 Å². The van der Waals surface area contributed by atoms with Gasteiger partial charge >= 0.3 is 0 Å². The third kappa shape index (κ3) is 4.20. The highest BCUT2D eigenvalue weighted by Gasteiger charge is 2.20. The Kier molecular flexibility index (Phi) is 5.19. The van der Waals surface area contributed by atoms with Crippen molar-refractivity contribution in [3.8, 4) is 0 Å². The molecule has 1 aliphatic carbocycles. The quantitative estimate of drug-likeness (QED) is 0.868. The first-order chi connectivity index (χ1) is 9.21. The maximum atomic E-state index is 5.91. The standard InChI is InChI=1S/C13H22ClN5/c1-3-9-5-7-10(8-6-9)16-13-18-11(14)17-12(19-13)15-4-2/h9-10H,3-8H2,1-2H3,(H2,15,16,17,18,19). The highest BCUT2D eigenvalue weighted by Crippen LogP contribution is 2.28. The van der Waals surface area contributed by atoms with E-state index in [1.807, 2.05) is 6.92 Å². The van der Waals surface area contributed by atoms with Gasteiger partial charge in [-0.2, -0.15) is 15.0 Å². The summed E-state index contributed by atoms with van der Waals surface area (Å²) in [6, 6.07) is 0.454. The predicted molar refractivity (Wildman–Crippen MR) is 78.7 cm³/mol. The van der Waals surface area contributed by atoms with Gasteiger partial charge in [-0.05, 0) is 50.1 Å². The zero-order valence-electron chi connectivity index (χ0n) is 11.6. The average molecular weight is 284 g/mol. The van der Waals surface area contributed by atoms with Crippen LogP contribution in [0.15, 0.2) is 0 Å². The zero-order valence-corrected chi connectivity index (χ0v) is 12.4. The van der Waals surface area contributed by atoms with E-state index in [2.05, 4.69) is 32.5 Å². The van der Waals surface area contributed by atoms with Crippen LogP contribution < -0.4 is 10.6 Å². The number of nitrogens with zero attached hydrogens (tertiary/aromatic N) is 3. The molecular weight excluding hydrogens is 262 g/mol. The molecule has 1 aliphatic rings. The van der Waals surface area contributed by atoms with E-state index in [0.29, 0.717) is 17.9 Å². The van der Waals surface area contributed by atoms with Crippen LogP contribution in [0.4, 0.5) is 11.9 Å². The largest absolute Gasteiger partial charge is 0.354 e.